The van der Waals surface area contributed by atoms with E-state index in [1.165, 1.54) is 24.3 Å². The summed E-state index contributed by atoms with van der Waals surface area (Å²) in [6.45, 7) is 0.791. The van der Waals surface area contributed by atoms with Crippen LogP contribution >= 0.6 is 0 Å². The molecule has 0 spiro atoms. The maximum absolute atomic E-state index is 13.3. The van der Waals surface area contributed by atoms with Gasteiger partial charge in [0.25, 0.3) is 5.92 Å². The van der Waals surface area contributed by atoms with Gasteiger partial charge in [-0.05, 0) is 30.3 Å². The van der Waals surface area contributed by atoms with Crippen LogP contribution in [0.15, 0.2) is 47.3 Å². The molecule has 0 unspecified atom stereocenters. The van der Waals surface area contributed by atoms with Crippen molar-refractivity contribution in [1.29, 1.82) is 0 Å². The SMILES string of the molecule is CC(F)(F)c1cccc(NC(=O)Nc2ccc3[nH]c(=O)[nH]c3c2)c1. The zero-order valence-electron chi connectivity index (χ0n) is 12.6. The Balaban J connectivity index is 1.74. The first-order valence-electron chi connectivity index (χ1n) is 7.10. The smallest absolute Gasteiger partial charge is 0.308 e. The number of anilines is 2. The van der Waals surface area contributed by atoms with E-state index in [0.717, 1.165) is 6.92 Å². The molecule has 3 aromatic rings. The molecular weight excluding hydrogens is 318 g/mol. The standard InChI is InChI=1S/C16H14F2N4O2/c1-16(17,18)9-3-2-4-10(7-9)19-14(23)20-11-5-6-12-13(8-11)22-15(24)21-12/h2-8H,1H3,(H2,19,20,23)(H2,21,22,24). The molecule has 0 atom stereocenters. The molecule has 2 aromatic carbocycles. The lowest BCUT2D eigenvalue weighted by Crippen LogP contribution is -2.19. The number of aromatic amines is 2. The third-order valence-corrected chi connectivity index (χ3v) is 3.40. The number of alkyl halides is 2. The molecule has 0 radical (unpaired) electrons. The third-order valence-electron chi connectivity index (χ3n) is 3.40. The number of benzene rings is 2. The summed E-state index contributed by atoms with van der Waals surface area (Å²) >= 11 is 0. The number of hydrogen-bond donors (Lipinski definition) is 4. The number of aromatic nitrogens is 2. The fourth-order valence-electron chi connectivity index (χ4n) is 2.27. The van der Waals surface area contributed by atoms with Crippen LogP contribution in [0.3, 0.4) is 0 Å². The molecule has 3 rings (SSSR count). The number of carbonyl (C=O) groups excluding carboxylic acids is 1. The van der Waals surface area contributed by atoms with Gasteiger partial charge in [0.05, 0.1) is 11.0 Å². The van der Waals surface area contributed by atoms with Crippen molar-refractivity contribution in [3.05, 3.63) is 58.5 Å². The van der Waals surface area contributed by atoms with Gasteiger partial charge >= 0.3 is 11.7 Å². The molecule has 24 heavy (non-hydrogen) atoms. The molecule has 1 heterocycles. The van der Waals surface area contributed by atoms with E-state index < -0.39 is 12.0 Å². The maximum atomic E-state index is 13.3. The van der Waals surface area contributed by atoms with Gasteiger partial charge in [0.2, 0.25) is 0 Å². The van der Waals surface area contributed by atoms with Crippen LogP contribution in [0.25, 0.3) is 11.0 Å². The van der Waals surface area contributed by atoms with E-state index in [1.54, 1.807) is 18.2 Å². The monoisotopic (exact) mass is 332 g/mol. The summed E-state index contributed by atoms with van der Waals surface area (Å²) in [7, 11) is 0. The second-order valence-electron chi connectivity index (χ2n) is 5.39. The van der Waals surface area contributed by atoms with Crippen molar-refractivity contribution in [2.45, 2.75) is 12.8 Å². The molecule has 124 valence electrons. The van der Waals surface area contributed by atoms with Gasteiger partial charge in [-0.3, -0.25) is 0 Å². The molecule has 0 bridgehead atoms. The minimum atomic E-state index is -2.99. The van der Waals surface area contributed by atoms with Crippen LogP contribution in [0.5, 0.6) is 0 Å². The molecule has 0 saturated carbocycles. The summed E-state index contributed by atoms with van der Waals surface area (Å²) in [5.74, 6) is -2.99. The zero-order valence-corrected chi connectivity index (χ0v) is 12.6. The molecule has 6 nitrogen and oxygen atoms in total. The van der Waals surface area contributed by atoms with Crippen LogP contribution in [0, 0.1) is 0 Å². The van der Waals surface area contributed by atoms with Crippen molar-refractivity contribution >= 4 is 28.4 Å². The van der Waals surface area contributed by atoms with E-state index in [2.05, 4.69) is 20.6 Å². The van der Waals surface area contributed by atoms with E-state index in [9.17, 15) is 18.4 Å². The number of halogens is 2. The maximum Gasteiger partial charge on any atom is 0.323 e. The van der Waals surface area contributed by atoms with Gasteiger partial charge in [-0.25, -0.2) is 18.4 Å². The van der Waals surface area contributed by atoms with Crippen LogP contribution in [0.1, 0.15) is 12.5 Å². The zero-order chi connectivity index (χ0) is 17.3. The highest BCUT2D eigenvalue weighted by Gasteiger charge is 2.24. The Hall–Kier alpha value is -3.16. The fourth-order valence-corrected chi connectivity index (χ4v) is 2.27. The van der Waals surface area contributed by atoms with Gasteiger partial charge in [-0.2, -0.15) is 0 Å². The van der Waals surface area contributed by atoms with Gasteiger partial charge in [-0.15, -0.1) is 0 Å². The average Bonchev–Trinajstić information content (AvgIpc) is 2.86. The van der Waals surface area contributed by atoms with E-state index in [-0.39, 0.29) is 16.9 Å². The molecule has 0 saturated heterocycles. The highest BCUT2D eigenvalue weighted by molar-refractivity contribution is 6.00. The van der Waals surface area contributed by atoms with Crippen LogP contribution in [-0.4, -0.2) is 16.0 Å². The number of urea groups is 1. The predicted molar refractivity (Wildman–Crippen MR) is 87.6 cm³/mol. The lowest BCUT2D eigenvalue weighted by molar-refractivity contribution is 0.0175. The number of fused-ring (bicyclic) bond motifs is 1. The van der Waals surface area contributed by atoms with Gasteiger partial charge < -0.3 is 20.6 Å². The lowest BCUT2D eigenvalue weighted by Gasteiger charge is -2.13. The Morgan fingerprint density at radius 1 is 1.00 bits per heavy atom. The molecule has 1 aromatic heterocycles. The number of H-pyrrole nitrogens is 2. The third kappa shape index (κ3) is 3.43. The Kier molecular flexibility index (Phi) is 3.80. The summed E-state index contributed by atoms with van der Waals surface area (Å²) in [5, 5.41) is 5.07. The van der Waals surface area contributed by atoms with Crippen molar-refractivity contribution in [3.8, 4) is 0 Å². The molecule has 0 aliphatic heterocycles. The number of imidazole rings is 1. The average molecular weight is 332 g/mol. The quantitative estimate of drug-likeness (QED) is 0.590. The van der Waals surface area contributed by atoms with Gasteiger partial charge in [0.1, 0.15) is 0 Å². The molecule has 0 aliphatic carbocycles. The Morgan fingerprint density at radius 3 is 2.38 bits per heavy atom. The van der Waals surface area contributed by atoms with Crippen molar-refractivity contribution in [2.75, 3.05) is 10.6 Å². The van der Waals surface area contributed by atoms with Crippen LogP contribution < -0.4 is 16.3 Å². The Labute approximate surface area is 134 Å². The minimum absolute atomic E-state index is 0.188. The minimum Gasteiger partial charge on any atom is -0.308 e. The van der Waals surface area contributed by atoms with E-state index in [1.807, 2.05) is 0 Å². The highest BCUT2D eigenvalue weighted by Crippen LogP contribution is 2.28. The van der Waals surface area contributed by atoms with Crippen LogP contribution in [0.2, 0.25) is 0 Å². The van der Waals surface area contributed by atoms with E-state index in [0.29, 0.717) is 16.7 Å². The molecule has 8 heteroatoms. The molecule has 4 N–H and O–H groups in total. The van der Waals surface area contributed by atoms with Gasteiger partial charge in [-0.1, -0.05) is 12.1 Å². The van der Waals surface area contributed by atoms with Crippen LogP contribution in [0.4, 0.5) is 25.0 Å². The van der Waals surface area contributed by atoms with Crippen LogP contribution in [-0.2, 0) is 5.92 Å². The first-order valence-corrected chi connectivity index (χ1v) is 7.10. The molecule has 0 aliphatic rings. The number of carbonyl (C=O) groups is 1. The number of amides is 2. The summed E-state index contributed by atoms with van der Waals surface area (Å²) < 4.78 is 26.6. The summed E-state index contributed by atoms with van der Waals surface area (Å²) in [6.07, 6.45) is 0. The summed E-state index contributed by atoms with van der Waals surface area (Å²) in [6, 6.07) is 9.72. The molecule has 0 fully saturated rings. The predicted octanol–water partition coefficient (Wildman–Crippen LogP) is 3.61. The van der Waals surface area contributed by atoms with Crippen molar-refractivity contribution in [3.63, 3.8) is 0 Å². The van der Waals surface area contributed by atoms with Gasteiger partial charge in [0.15, 0.2) is 0 Å². The topological polar surface area (TPSA) is 89.8 Å². The van der Waals surface area contributed by atoms with E-state index in [4.69, 9.17) is 0 Å². The van der Waals surface area contributed by atoms with Crippen molar-refractivity contribution in [2.24, 2.45) is 0 Å². The van der Waals surface area contributed by atoms with Gasteiger partial charge in [0, 0.05) is 23.9 Å². The Morgan fingerprint density at radius 2 is 1.67 bits per heavy atom. The second kappa shape index (κ2) is 5.80. The molecular formula is C16H14F2N4O2. The second-order valence-corrected chi connectivity index (χ2v) is 5.39. The largest absolute Gasteiger partial charge is 0.323 e. The van der Waals surface area contributed by atoms with E-state index >= 15 is 0 Å². The number of nitrogens with one attached hydrogen (secondary N) is 4. The highest BCUT2D eigenvalue weighted by atomic mass is 19.3. The number of hydrogen-bond acceptors (Lipinski definition) is 2. The Bertz CT molecular complexity index is 956. The molecule has 2 amide bonds. The normalized spacial score (nSPS) is 11.5. The van der Waals surface area contributed by atoms with Crippen molar-refractivity contribution in [1.82, 2.24) is 9.97 Å². The lowest BCUT2D eigenvalue weighted by atomic mass is 10.1. The fraction of sp³-hybridized carbons (Fsp3) is 0.125. The summed E-state index contributed by atoms with van der Waals surface area (Å²) in [4.78, 5) is 28.4. The first kappa shape index (κ1) is 15.7. The first-order chi connectivity index (χ1) is 11.3. The number of rotatable bonds is 3. The van der Waals surface area contributed by atoms with Crippen molar-refractivity contribution < 1.29 is 13.6 Å². The summed E-state index contributed by atoms with van der Waals surface area (Å²) in [5.41, 5.74) is 1.33.